The first-order valence-electron chi connectivity index (χ1n) is 4.60. The van der Waals surface area contributed by atoms with Gasteiger partial charge in [-0.2, -0.15) is 0 Å². The van der Waals surface area contributed by atoms with Crippen LogP contribution in [0.2, 0.25) is 0 Å². The number of likely N-dealkylation sites (tertiary alicyclic amines) is 1. The second kappa shape index (κ2) is 6.88. The molecule has 0 saturated carbocycles. The summed E-state index contributed by atoms with van der Waals surface area (Å²) in [5, 5.41) is 2.56. The maximum Gasteiger partial charge on any atom is 1.00 e. The third kappa shape index (κ3) is 6.81. The molecule has 1 fully saturated rings. The van der Waals surface area contributed by atoms with Gasteiger partial charge < -0.3 is 23.2 Å². The zero-order valence-corrected chi connectivity index (χ0v) is 11.9. The molecule has 0 atom stereocenters. The maximum absolute atomic E-state index is 11.9. The molecule has 1 saturated heterocycles. The van der Waals surface area contributed by atoms with Crippen LogP contribution in [-0.4, -0.2) is 44.5 Å². The summed E-state index contributed by atoms with van der Waals surface area (Å²) in [7, 11) is 1.99. The van der Waals surface area contributed by atoms with Gasteiger partial charge in [-0.05, 0) is 39.4 Å². The summed E-state index contributed by atoms with van der Waals surface area (Å²) in [4.78, 5) is 2.14. The van der Waals surface area contributed by atoms with Gasteiger partial charge in [0.1, 0.15) is 0 Å². The third-order valence-corrected chi connectivity index (χ3v) is 2.36. The van der Waals surface area contributed by atoms with Crippen molar-refractivity contribution in [3.63, 3.8) is 0 Å². The SMILES string of the molecule is CN1CCC(NC[B-](F)(F)F)CC1.[K+]. The van der Waals surface area contributed by atoms with Crippen LogP contribution in [0.25, 0.3) is 0 Å². The average molecular weight is 234 g/mol. The van der Waals surface area contributed by atoms with E-state index in [0.717, 1.165) is 25.9 Å². The van der Waals surface area contributed by atoms with Crippen LogP contribution in [0.1, 0.15) is 12.8 Å². The molecule has 0 amide bonds. The Morgan fingerprint density at radius 2 is 1.79 bits per heavy atom. The molecule has 1 N–H and O–H groups in total. The van der Waals surface area contributed by atoms with Crippen LogP contribution in [0.15, 0.2) is 0 Å². The summed E-state index contributed by atoms with van der Waals surface area (Å²) in [5.41, 5.74) is 0. The molecule has 0 aromatic carbocycles. The molecule has 0 unspecified atom stereocenters. The minimum Gasteiger partial charge on any atom is -0.448 e. The van der Waals surface area contributed by atoms with E-state index in [4.69, 9.17) is 0 Å². The molecule has 1 aliphatic heterocycles. The van der Waals surface area contributed by atoms with E-state index in [1.807, 2.05) is 7.05 Å². The van der Waals surface area contributed by atoms with Gasteiger partial charge in [0.15, 0.2) is 0 Å². The van der Waals surface area contributed by atoms with Crippen molar-refractivity contribution in [2.45, 2.75) is 18.9 Å². The van der Waals surface area contributed by atoms with Gasteiger partial charge >= 0.3 is 58.4 Å². The Morgan fingerprint density at radius 3 is 2.21 bits per heavy atom. The third-order valence-electron chi connectivity index (χ3n) is 2.36. The van der Waals surface area contributed by atoms with E-state index in [0.29, 0.717) is 0 Å². The fourth-order valence-corrected chi connectivity index (χ4v) is 1.51. The Bertz CT molecular complexity index is 160. The second-order valence-electron chi connectivity index (χ2n) is 3.70. The number of nitrogens with one attached hydrogen (secondary N) is 1. The molecule has 1 rings (SSSR count). The van der Waals surface area contributed by atoms with Crippen LogP contribution in [0, 0.1) is 0 Å². The number of rotatable bonds is 3. The van der Waals surface area contributed by atoms with E-state index in [1.54, 1.807) is 0 Å². The first-order chi connectivity index (χ1) is 5.97. The van der Waals surface area contributed by atoms with E-state index in [9.17, 15) is 12.9 Å². The summed E-state index contributed by atoms with van der Waals surface area (Å²) < 4.78 is 35.6. The van der Waals surface area contributed by atoms with E-state index in [2.05, 4.69) is 10.2 Å². The quantitative estimate of drug-likeness (QED) is 0.572. The van der Waals surface area contributed by atoms with Gasteiger partial charge in [0, 0.05) is 6.04 Å². The molecule has 2 nitrogen and oxygen atoms in total. The van der Waals surface area contributed by atoms with Gasteiger partial charge in [-0.1, -0.05) is 0 Å². The van der Waals surface area contributed by atoms with Crippen molar-refractivity contribution in [3.05, 3.63) is 0 Å². The van der Waals surface area contributed by atoms with Crippen LogP contribution >= 0.6 is 0 Å². The fraction of sp³-hybridized carbons (Fsp3) is 1.00. The average Bonchev–Trinajstić information content (AvgIpc) is 2.02. The summed E-state index contributed by atoms with van der Waals surface area (Å²) in [5.74, 6) is 0. The Balaban J connectivity index is 0.00000169. The first kappa shape index (κ1) is 15.4. The van der Waals surface area contributed by atoms with Crippen LogP contribution in [0.5, 0.6) is 0 Å². The van der Waals surface area contributed by atoms with Crippen molar-refractivity contribution in [2.75, 3.05) is 26.6 Å². The van der Waals surface area contributed by atoms with Crippen molar-refractivity contribution in [1.29, 1.82) is 0 Å². The minimum atomic E-state index is -4.67. The number of hydrogen-bond donors (Lipinski definition) is 1. The molecule has 0 aromatic heterocycles. The topological polar surface area (TPSA) is 15.3 Å². The Morgan fingerprint density at radius 1 is 1.29 bits per heavy atom. The molecular weight excluding hydrogens is 219 g/mol. The molecule has 0 radical (unpaired) electrons. The van der Waals surface area contributed by atoms with Crippen LogP contribution in [0.4, 0.5) is 12.9 Å². The summed E-state index contributed by atoms with van der Waals surface area (Å²) in [6.45, 7) is -2.88. The zero-order valence-electron chi connectivity index (χ0n) is 8.77. The molecule has 78 valence electrons. The van der Waals surface area contributed by atoms with Crippen LogP contribution in [0.3, 0.4) is 0 Å². The predicted octanol–water partition coefficient (Wildman–Crippen LogP) is -1.94. The molecular formula is C7H15BF3KN2. The smallest absolute Gasteiger partial charge is 0.448 e. The maximum atomic E-state index is 11.9. The van der Waals surface area contributed by atoms with Crippen molar-refractivity contribution >= 4 is 6.98 Å². The van der Waals surface area contributed by atoms with Crippen LogP contribution < -0.4 is 56.7 Å². The van der Waals surface area contributed by atoms with Crippen LogP contribution in [-0.2, 0) is 0 Å². The van der Waals surface area contributed by atoms with Crippen molar-refractivity contribution < 1.29 is 64.3 Å². The molecule has 0 bridgehead atoms. The van der Waals surface area contributed by atoms with Crippen molar-refractivity contribution in [1.82, 2.24) is 10.2 Å². The minimum absolute atomic E-state index is 0. The summed E-state index contributed by atoms with van der Waals surface area (Å²) in [6, 6.07) is 0.0553. The van der Waals surface area contributed by atoms with Gasteiger partial charge in [0.2, 0.25) is 0 Å². The molecule has 0 aromatic rings. The number of halogens is 3. The van der Waals surface area contributed by atoms with E-state index < -0.39 is 13.4 Å². The van der Waals surface area contributed by atoms with E-state index in [1.165, 1.54) is 0 Å². The van der Waals surface area contributed by atoms with Gasteiger partial charge in [-0.25, -0.2) is 0 Å². The Kier molecular flexibility index (Phi) is 7.57. The predicted molar refractivity (Wildman–Crippen MR) is 47.6 cm³/mol. The molecule has 0 spiro atoms. The number of hydrogen-bond acceptors (Lipinski definition) is 2. The molecule has 14 heavy (non-hydrogen) atoms. The van der Waals surface area contributed by atoms with Gasteiger partial charge in [0.25, 0.3) is 0 Å². The summed E-state index contributed by atoms with van der Waals surface area (Å²) in [6.07, 6.45) is 0.847. The zero-order chi connectivity index (χ0) is 9.90. The molecule has 1 heterocycles. The standard InChI is InChI=1S/C7H15BF3N2.K/c1-13-4-2-7(3-5-13)12-6-8(9,10)11;/h7,12H,2-6H2,1H3;/q-1;+1. The fourth-order valence-electron chi connectivity index (χ4n) is 1.51. The first-order valence-corrected chi connectivity index (χ1v) is 4.60. The monoisotopic (exact) mass is 234 g/mol. The van der Waals surface area contributed by atoms with Crippen molar-refractivity contribution in [3.8, 4) is 0 Å². The normalized spacial score (nSPS) is 20.6. The van der Waals surface area contributed by atoms with Crippen molar-refractivity contribution in [2.24, 2.45) is 0 Å². The van der Waals surface area contributed by atoms with Gasteiger partial charge in [-0.15, -0.1) is 0 Å². The van der Waals surface area contributed by atoms with E-state index in [-0.39, 0.29) is 57.4 Å². The second-order valence-corrected chi connectivity index (χ2v) is 3.70. The number of nitrogens with zero attached hydrogens (tertiary/aromatic N) is 1. The largest absolute Gasteiger partial charge is 1.00 e. The van der Waals surface area contributed by atoms with E-state index >= 15 is 0 Å². The van der Waals surface area contributed by atoms with Gasteiger partial charge in [-0.3, -0.25) is 0 Å². The Hall–Kier alpha value is 1.41. The molecule has 7 heteroatoms. The Labute approximate surface area is 125 Å². The summed E-state index contributed by atoms with van der Waals surface area (Å²) >= 11 is 0. The molecule has 1 aliphatic rings. The number of piperidine rings is 1. The van der Waals surface area contributed by atoms with Gasteiger partial charge in [0.05, 0.1) is 0 Å². The molecule has 0 aliphatic carbocycles.